The minimum absolute atomic E-state index is 0.121. The smallest absolute Gasteiger partial charge is 0.264 e. The van der Waals surface area contributed by atoms with Crippen molar-refractivity contribution in [2.75, 3.05) is 13.1 Å². The quantitative estimate of drug-likeness (QED) is 0.461. The van der Waals surface area contributed by atoms with Gasteiger partial charge in [0.05, 0.1) is 13.1 Å². The molecule has 0 aromatic carbocycles. The maximum absolute atomic E-state index is 10.4. The first-order valence-electron chi connectivity index (χ1n) is 2.67. The molecule has 10 heavy (non-hydrogen) atoms. The zero-order chi connectivity index (χ0) is 7.98. The summed E-state index contributed by atoms with van der Waals surface area (Å²) in [5.41, 5.74) is 4.93. The van der Waals surface area contributed by atoms with Gasteiger partial charge in [0.1, 0.15) is 0 Å². The van der Waals surface area contributed by atoms with Crippen molar-refractivity contribution in [3.8, 4) is 0 Å². The Balaban J connectivity index is 3.44. The van der Waals surface area contributed by atoms with Crippen LogP contribution in [0.25, 0.3) is 0 Å². The normalized spacial score (nSPS) is 8.50. The lowest BCUT2D eigenvalue weighted by Crippen LogP contribution is -2.33. The molecule has 0 unspecified atom stereocenters. The molecule has 0 aromatic heterocycles. The first-order chi connectivity index (χ1) is 4.70. The van der Waals surface area contributed by atoms with Crippen molar-refractivity contribution >= 4 is 18.5 Å². The van der Waals surface area contributed by atoms with Crippen molar-refractivity contribution in [3.63, 3.8) is 0 Å². The fourth-order valence-electron chi connectivity index (χ4n) is 0.302. The van der Waals surface area contributed by atoms with Gasteiger partial charge in [0.15, 0.2) is 0 Å². The van der Waals surface area contributed by atoms with E-state index < -0.39 is 5.91 Å². The summed E-state index contributed by atoms with van der Waals surface area (Å²) in [6.07, 6.45) is 0. The fourth-order valence-corrected chi connectivity index (χ4v) is 0.302. The summed E-state index contributed by atoms with van der Waals surface area (Å²) in [4.78, 5) is 23.8. The minimum atomic E-state index is -0.471. The lowest BCUT2D eigenvalue weighted by atomic mass is 10.5. The molecule has 0 aliphatic carbocycles. The van der Waals surface area contributed by atoms with Gasteiger partial charge in [0.25, 0.3) is 5.91 Å². The number of nitrogens with one attached hydrogen (secondary N) is 1. The molecule has 2 amide bonds. The Bertz CT molecular complexity index is 155. The van der Waals surface area contributed by atoms with E-state index in [-0.39, 0.29) is 19.0 Å². The Hall–Kier alpha value is -1.23. The number of amides is 2. The van der Waals surface area contributed by atoms with Crippen molar-refractivity contribution in [1.82, 2.24) is 5.32 Å². The molecule has 0 bridgehead atoms. The Morgan fingerprint density at radius 2 is 2.20 bits per heavy atom. The second-order valence-corrected chi connectivity index (χ2v) is 1.53. The molecular weight excluding hydrogens is 134 g/mol. The van der Waals surface area contributed by atoms with Gasteiger partial charge in [-0.2, -0.15) is 0 Å². The van der Waals surface area contributed by atoms with E-state index in [4.69, 9.17) is 5.73 Å². The molecule has 0 atom stereocenters. The number of aliphatic imine (C=N–C) groups is 1. The highest BCUT2D eigenvalue weighted by Crippen LogP contribution is 1.68. The third-order valence-corrected chi connectivity index (χ3v) is 0.799. The van der Waals surface area contributed by atoms with Gasteiger partial charge in [0.2, 0.25) is 5.91 Å². The van der Waals surface area contributed by atoms with Gasteiger partial charge in [-0.15, -0.1) is 0 Å². The van der Waals surface area contributed by atoms with E-state index >= 15 is 0 Å². The van der Waals surface area contributed by atoms with Crippen LogP contribution < -0.4 is 11.1 Å². The molecule has 0 aromatic rings. The number of nitrogens with two attached hydrogens (primary N) is 1. The van der Waals surface area contributed by atoms with E-state index in [1.165, 1.54) is 0 Å². The molecule has 0 spiro atoms. The van der Waals surface area contributed by atoms with Crippen LogP contribution >= 0.6 is 0 Å². The lowest BCUT2D eigenvalue weighted by molar-refractivity contribution is -0.123. The molecule has 56 valence electrons. The Labute approximate surface area is 58.3 Å². The number of nitrogens with zero attached hydrogens (tertiary/aromatic N) is 1. The average Bonchev–Trinajstić information content (AvgIpc) is 1.99. The Kier molecular flexibility index (Phi) is 4.06. The van der Waals surface area contributed by atoms with Crippen LogP contribution in [-0.2, 0) is 9.59 Å². The lowest BCUT2D eigenvalue weighted by Gasteiger charge is -1.96. The Morgan fingerprint density at radius 3 is 2.60 bits per heavy atom. The van der Waals surface area contributed by atoms with Crippen molar-refractivity contribution in [1.29, 1.82) is 0 Å². The van der Waals surface area contributed by atoms with Crippen LogP contribution in [0.2, 0.25) is 0 Å². The molecule has 3 N–H and O–H groups in total. The highest BCUT2D eigenvalue weighted by Gasteiger charge is 1.99. The summed E-state index contributed by atoms with van der Waals surface area (Å²) in [5.74, 6) is -0.848. The number of hydrogen-bond donors (Lipinski definition) is 2. The van der Waals surface area contributed by atoms with Crippen LogP contribution in [0.15, 0.2) is 4.99 Å². The predicted molar refractivity (Wildman–Crippen MR) is 36.6 cm³/mol. The van der Waals surface area contributed by atoms with Crippen molar-refractivity contribution in [3.05, 3.63) is 0 Å². The monoisotopic (exact) mass is 143 g/mol. The van der Waals surface area contributed by atoms with Crippen LogP contribution in [0.5, 0.6) is 0 Å². The molecule has 0 rings (SSSR count). The molecule has 5 nitrogen and oxygen atoms in total. The van der Waals surface area contributed by atoms with Crippen molar-refractivity contribution in [2.45, 2.75) is 0 Å². The summed E-state index contributed by atoms with van der Waals surface area (Å²) in [5, 5.41) is 2.24. The molecule has 0 saturated carbocycles. The first kappa shape index (κ1) is 8.77. The molecule has 5 heteroatoms. The van der Waals surface area contributed by atoms with E-state index in [1.54, 1.807) is 0 Å². The molecule has 0 aliphatic rings. The van der Waals surface area contributed by atoms with E-state index in [0.717, 1.165) is 0 Å². The van der Waals surface area contributed by atoms with Gasteiger partial charge < -0.3 is 11.1 Å². The molecule has 0 aliphatic heterocycles. The maximum atomic E-state index is 10.4. The summed E-state index contributed by atoms with van der Waals surface area (Å²) in [7, 11) is 0. The third kappa shape index (κ3) is 3.73. The molecule has 0 radical (unpaired) electrons. The van der Waals surface area contributed by atoms with Gasteiger partial charge in [-0.25, -0.2) is 4.99 Å². The van der Waals surface area contributed by atoms with Gasteiger partial charge in [-0.05, 0) is 6.72 Å². The SMILES string of the molecule is C=NC(=O)CNC(=O)CN. The second-order valence-electron chi connectivity index (χ2n) is 1.53. The van der Waals surface area contributed by atoms with E-state index in [2.05, 4.69) is 17.0 Å². The minimum Gasteiger partial charge on any atom is -0.346 e. The number of carbonyl (C=O) groups excluding carboxylic acids is 2. The van der Waals surface area contributed by atoms with E-state index in [0.29, 0.717) is 0 Å². The van der Waals surface area contributed by atoms with Crippen LogP contribution in [0.3, 0.4) is 0 Å². The zero-order valence-electron chi connectivity index (χ0n) is 5.46. The van der Waals surface area contributed by atoms with Crippen molar-refractivity contribution < 1.29 is 9.59 Å². The number of rotatable bonds is 3. The van der Waals surface area contributed by atoms with Crippen LogP contribution in [0.4, 0.5) is 0 Å². The predicted octanol–water partition coefficient (Wildman–Crippen LogP) is -1.71. The van der Waals surface area contributed by atoms with E-state index in [9.17, 15) is 9.59 Å². The van der Waals surface area contributed by atoms with Crippen LogP contribution in [0.1, 0.15) is 0 Å². The van der Waals surface area contributed by atoms with Crippen molar-refractivity contribution in [2.24, 2.45) is 10.7 Å². The third-order valence-electron chi connectivity index (χ3n) is 0.799. The topological polar surface area (TPSA) is 84.5 Å². The summed E-state index contributed by atoms with van der Waals surface area (Å²) < 4.78 is 0. The molecular formula is C5H9N3O2. The van der Waals surface area contributed by atoms with Gasteiger partial charge in [-0.3, -0.25) is 9.59 Å². The molecule has 0 saturated heterocycles. The van der Waals surface area contributed by atoms with Gasteiger partial charge >= 0.3 is 0 Å². The Morgan fingerprint density at radius 1 is 1.60 bits per heavy atom. The van der Waals surface area contributed by atoms with Crippen LogP contribution in [0, 0.1) is 0 Å². The second kappa shape index (κ2) is 4.63. The largest absolute Gasteiger partial charge is 0.346 e. The average molecular weight is 143 g/mol. The summed E-state index contributed by atoms with van der Waals surface area (Å²) in [6.45, 7) is 2.74. The first-order valence-corrected chi connectivity index (χ1v) is 2.67. The molecule has 0 heterocycles. The highest BCUT2D eigenvalue weighted by molar-refractivity contribution is 5.87. The maximum Gasteiger partial charge on any atom is 0.264 e. The summed E-state index contributed by atoms with van der Waals surface area (Å²) in [6, 6.07) is 0. The van der Waals surface area contributed by atoms with Gasteiger partial charge in [0, 0.05) is 0 Å². The molecule has 0 fully saturated rings. The fraction of sp³-hybridized carbons (Fsp3) is 0.400. The van der Waals surface area contributed by atoms with Gasteiger partial charge in [-0.1, -0.05) is 0 Å². The highest BCUT2D eigenvalue weighted by atomic mass is 16.2. The number of carbonyl (C=O) groups is 2. The van der Waals surface area contributed by atoms with E-state index in [1.807, 2.05) is 0 Å². The zero-order valence-corrected chi connectivity index (χ0v) is 5.46. The standard InChI is InChI=1S/C5H9N3O2/c1-7-5(10)3-8-4(9)2-6/h1-3,6H2,(H,8,9). The summed E-state index contributed by atoms with van der Waals surface area (Å²) >= 11 is 0. The van der Waals surface area contributed by atoms with Crippen LogP contribution in [-0.4, -0.2) is 31.6 Å². The number of hydrogen-bond acceptors (Lipinski definition) is 3.